The van der Waals surface area contributed by atoms with Gasteiger partial charge in [-0.15, -0.1) is 0 Å². The molecule has 2 rings (SSSR count). The van der Waals surface area contributed by atoms with Crippen molar-refractivity contribution in [1.29, 1.82) is 0 Å². The highest BCUT2D eigenvalue weighted by atomic mass is 32.2. The molecule has 1 aliphatic heterocycles. The van der Waals surface area contributed by atoms with Crippen LogP contribution in [-0.2, 0) is 19.4 Å². The lowest BCUT2D eigenvalue weighted by atomic mass is 9.65. The Morgan fingerprint density at radius 1 is 1.25 bits per heavy atom. The molecule has 4 amide bonds. The third-order valence-electron chi connectivity index (χ3n) is 6.58. The van der Waals surface area contributed by atoms with Crippen molar-refractivity contribution in [2.24, 2.45) is 11.3 Å². The number of carbonyl (C=O) groups is 3. The topological polar surface area (TPSA) is 113 Å². The molecule has 2 aliphatic rings. The second-order valence-electron chi connectivity index (χ2n) is 8.61. The van der Waals surface area contributed by atoms with Gasteiger partial charge in [0.1, 0.15) is 12.1 Å². The van der Waals surface area contributed by atoms with Gasteiger partial charge in [-0.05, 0) is 37.0 Å². The first-order chi connectivity index (χ1) is 13.0. The third kappa shape index (κ3) is 4.85. The van der Waals surface area contributed by atoms with E-state index in [-0.39, 0.29) is 35.9 Å². The number of hydrogen-bond acceptors (Lipinski definition) is 5. The normalized spacial score (nSPS) is 25.9. The van der Waals surface area contributed by atoms with E-state index < -0.39 is 27.3 Å². The van der Waals surface area contributed by atoms with Gasteiger partial charge in [-0.25, -0.2) is 13.2 Å². The van der Waals surface area contributed by atoms with Gasteiger partial charge in [0.15, 0.2) is 9.84 Å². The van der Waals surface area contributed by atoms with Gasteiger partial charge in [0.2, 0.25) is 5.91 Å². The minimum Gasteiger partial charge on any atom is -0.354 e. The smallest absolute Gasteiger partial charge is 0.325 e. The molecular weight excluding hydrogens is 382 g/mol. The van der Waals surface area contributed by atoms with Crippen molar-refractivity contribution in [3.05, 3.63) is 0 Å². The first kappa shape index (κ1) is 22.6. The van der Waals surface area contributed by atoms with E-state index in [9.17, 15) is 22.8 Å². The number of carbonyl (C=O) groups excluding carboxylic acids is 3. The molecule has 0 unspecified atom stereocenters. The number of hydrogen-bond donors (Lipinski definition) is 2. The highest BCUT2D eigenvalue weighted by Crippen LogP contribution is 2.45. The number of sulfone groups is 1. The number of rotatable bonds is 8. The van der Waals surface area contributed by atoms with Crippen LogP contribution in [0, 0.1) is 11.3 Å². The fourth-order valence-electron chi connectivity index (χ4n) is 4.03. The maximum atomic E-state index is 12.9. The molecule has 0 radical (unpaired) electrons. The Hall–Kier alpha value is -1.64. The van der Waals surface area contributed by atoms with Crippen LogP contribution in [0.25, 0.3) is 0 Å². The maximum Gasteiger partial charge on any atom is 0.325 e. The minimum atomic E-state index is -3.18. The van der Waals surface area contributed by atoms with Crippen molar-refractivity contribution in [3.8, 4) is 0 Å². The van der Waals surface area contributed by atoms with E-state index in [1.165, 1.54) is 0 Å². The first-order valence-electron chi connectivity index (χ1n) is 10.1. The summed E-state index contributed by atoms with van der Waals surface area (Å²) in [4.78, 5) is 38.3. The Labute approximate surface area is 167 Å². The second-order valence-corrected chi connectivity index (χ2v) is 11.1. The molecule has 28 heavy (non-hydrogen) atoms. The molecular formula is C19H33N3O5S. The summed E-state index contributed by atoms with van der Waals surface area (Å²) in [5.74, 6) is -0.526. The average Bonchev–Trinajstić information content (AvgIpc) is 2.86. The molecule has 1 saturated heterocycles. The van der Waals surface area contributed by atoms with Crippen LogP contribution in [0.2, 0.25) is 0 Å². The SMILES string of the molecule is CCC(C)(C)C1CCC2(CC1)NC(=O)N(CC(=O)NCCS(=O)(=O)CC)C2=O. The number of nitrogens with zero attached hydrogens (tertiary/aromatic N) is 1. The van der Waals surface area contributed by atoms with Crippen molar-refractivity contribution in [2.45, 2.75) is 65.3 Å². The largest absolute Gasteiger partial charge is 0.354 e. The fraction of sp³-hybridized carbons (Fsp3) is 0.842. The Bertz CT molecular complexity index is 724. The monoisotopic (exact) mass is 415 g/mol. The predicted molar refractivity (Wildman–Crippen MR) is 106 cm³/mol. The van der Waals surface area contributed by atoms with Crippen LogP contribution in [0.4, 0.5) is 4.79 Å². The van der Waals surface area contributed by atoms with Gasteiger partial charge in [-0.2, -0.15) is 0 Å². The molecule has 0 aromatic rings. The highest BCUT2D eigenvalue weighted by molar-refractivity contribution is 7.91. The van der Waals surface area contributed by atoms with E-state index in [1.807, 2.05) is 0 Å². The summed E-state index contributed by atoms with van der Waals surface area (Å²) >= 11 is 0. The van der Waals surface area contributed by atoms with E-state index in [4.69, 9.17) is 0 Å². The van der Waals surface area contributed by atoms with Gasteiger partial charge in [0.25, 0.3) is 5.91 Å². The van der Waals surface area contributed by atoms with Crippen LogP contribution in [0.15, 0.2) is 0 Å². The number of amides is 4. The minimum absolute atomic E-state index is 0.00817. The molecule has 0 aromatic heterocycles. The third-order valence-corrected chi connectivity index (χ3v) is 8.28. The lowest BCUT2D eigenvalue weighted by Gasteiger charge is -2.42. The summed E-state index contributed by atoms with van der Waals surface area (Å²) in [6.45, 7) is 7.76. The average molecular weight is 416 g/mol. The zero-order valence-corrected chi connectivity index (χ0v) is 18.2. The highest BCUT2D eigenvalue weighted by Gasteiger charge is 2.53. The lowest BCUT2D eigenvalue weighted by Crippen LogP contribution is -2.51. The molecule has 1 aliphatic carbocycles. The Morgan fingerprint density at radius 3 is 2.39 bits per heavy atom. The molecule has 160 valence electrons. The van der Waals surface area contributed by atoms with Crippen molar-refractivity contribution >= 4 is 27.7 Å². The van der Waals surface area contributed by atoms with Crippen LogP contribution in [-0.4, -0.2) is 61.3 Å². The van der Waals surface area contributed by atoms with Crippen molar-refractivity contribution in [3.63, 3.8) is 0 Å². The molecule has 1 heterocycles. The standard InChI is InChI=1S/C19H33N3O5S/c1-5-18(3,4)14-7-9-19(10-8-14)16(24)22(17(25)21-19)13-15(23)20-11-12-28(26,27)6-2/h14H,5-13H2,1-4H3,(H,20,23)(H,21,25). The van der Waals surface area contributed by atoms with Crippen LogP contribution >= 0.6 is 0 Å². The molecule has 9 heteroatoms. The van der Waals surface area contributed by atoms with E-state index in [0.717, 1.165) is 24.2 Å². The van der Waals surface area contributed by atoms with Gasteiger partial charge in [0.05, 0.1) is 5.75 Å². The summed E-state index contributed by atoms with van der Waals surface area (Å²) in [6, 6.07) is -0.547. The molecule has 2 N–H and O–H groups in total. The molecule has 8 nitrogen and oxygen atoms in total. The first-order valence-corrected chi connectivity index (χ1v) is 11.9. The van der Waals surface area contributed by atoms with Gasteiger partial charge < -0.3 is 10.6 Å². The Kier molecular flexibility index (Phi) is 6.78. The zero-order valence-electron chi connectivity index (χ0n) is 17.3. The predicted octanol–water partition coefficient (Wildman–Crippen LogP) is 1.45. The van der Waals surface area contributed by atoms with Crippen LogP contribution < -0.4 is 10.6 Å². The summed E-state index contributed by atoms with van der Waals surface area (Å²) in [5, 5.41) is 5.29. The summed E-state index contributed by atoms with van der Waals surface area (Å²) in [6.07, 6.45) is 3.95. The number of nitrogens with one attached hydrogen (secondary N) is 2. The van der Waals surface area contributed by atoms with Gasteiger partial charge >= 0.3 is 6.03 Å². The molecule has 2 fully saturated rings. The van der Waals surface area contributed by atoms with Gasteiger partial charge in [0, 0.05) is 12.3 Å². The zero-order chi connectivity index (χ0) is 21.2. The molecule has 0 aromatic carbocycles. The molecule has 1 saturated carbocycles. The van der Waals surface area contributed by atoms with Gasteiger partial charge in [-0.3, -0.25) is 14.5 Å². The maximum absolute atomic E-state index is 12.9. The van der Waals surface area contributed by atoms with E-state index >= 15 is 0 Å². The molecule has 0 bridgehead atoms. The number of urea groups is 1. The van der Waals surface area contributed by atoms with Crippen LogP contribution in [0.1, 0.15) is 59.8 Å². The van der Waals surface area contributed by atoms with Crippen molar-refractivity contribution in [2.75, 3.05) is 24.6 Å². The molecule has 0 atom stereocenters. The summed E-state index contributed by atoms with van der Waals surface area (Å²) < 4.78 is 22.9. The summed E-state index contributed by atoms with van der Waals surface area (Å²) in [7, 11) is -3.18. The van der Waals surface area contributed by atoms with Crippen molar-refractivity contribution in [1.82, 2.24) is 15.5 Å². The quantitative estimate of drug-likeness (QED) is 0.583. The fourth-order valence-corrected chi connectivity index (χ4v) is 4.73. The van der Waals surface area contributed by atoms with E-state index in [0.29, 0.717) is 18.8 Å². The Morgan fingerprint density at radius 2 is 1.86 bits per heavy atom. The second kappa shape index (κ2) is 8.39. The van der Waals surface area contributed by atoms with E-state index in [1.54, 1.807) is 6.92 Å². The summed E-state index contributed by atoms with van der Waals surface area (Å²) in [5.41, 5.74) is -0.699. The van der Waals surface area contributed by atoms with Crippen molar-refractivity contribution < 1.29 is 22.8 Å². The number of imide groups is 1. The Balaban J connectivity index is 1.92. The van der Waals surface area contributed by atoms with E-state index in [2.05, 4.69) is 31.4 Å². The lowest BCUT2D eigenvalue weighted by molar-refractivity contribution is -0.136. The van der Waals surface area contributed by atoms with Crippen LogP contribution in [0.5, 0.6) is 0 Å². The molecule has 1 spiro atoms. The van der Waals surface area contributed by atoms with Crippen LogP contribution in [0.3, 0.4) is 0 Å². The van der Waals surface area contributed by atoms with Gasteiger partial charge in [-0.1, -0.05) is 34.1 Å².